The first-order chi connectivity index (χ1) is 8.41. The third-order valence-electron chi connectivity index (χ3n) is 2.25. The van der Waals surface area contributed by atoms with Gasteiger partial charge in [0, 0.05) is 12.5 Å². The van der Waals surface area contributed by atoms with E-state index in [0.717, 1.165) is 20.6 Å². The van der Waals surface area contributed by atoms with Crippen molar-refractivity contribution in [3.63, 3.8) is 0 Å². The first-order valence-corrected chi connectivity index (χ1v) is 7.13. The summed E-state index contributed by atoms with van der Waals surface area (Å²) in [6.07, 6.45) is 0. The lowest BCUT2D eigenvalue weighted by Crippen LogP contribution is -2.10. The van der Waals surface area contributed by atoms with E-state index in [1.807, 2.05) is 0 Å². The maximum Gasteiger partial charge on any atom is 0.203 e. The highest BCUT2D eigenvalue weighted by Gasteiger charge is 2.23. The van der Waals surface area contributed by atoms with Crippen molar-refractivity contribution in [2.24, 2.45) is 0 Å². The van der Waals surface area contributed by atoms with Crippen molar-refractivity contribution in [2.75, 3.05) is 12.8 Å². The second-order valence-corrected chi connectivity index (χ2v) is 6.93. The highest BCUT2D eigenvalue weighted by atomic mass is 32.1. The van der Waals surface area contributed by atoms with E-state index in [9.17, 15) is 0 Å². The van der Waals surface area contributed by atoms with Crippen LogP contribution in [0.3, 0.4) is 0 Å². The summed E-state index contributed by atoms with van der Waals surface area (Å²) in [7, 11) is 1.66. The number of aromatic nitrogens is 3. The van der Waals surface area contributed by atoms with Gasteiger partial charge in [0.25, 0.3) is 0 Å². The zero-order chi connectivity index (χ0) is 13.3. The number of nitrogens with zero attached hydrogens (tertiary/aromatic N) is 3. The molecule has 2 N–H and O–H groups in total. The monoisotopic (exact) mass is 284 g/mol. The van der Waals surface area contributed by atoms with Crippen LogP contribution in [0, 0.1) is 0 Å². The average molecular weight is 284 g/mol. The minimum atomic E-state index is 0.0155. The largest absolute Gasteiger partial charge is 0.378 e. The number of nitrogens with two attached hydrogens (primary N) is 1. The van der Waals surface area contributed by atoms with Crippen LogP contribution in [0.2, 0.25) is 0 Å². The topological polar surface area (TPSA) is 73.9 Å². The molecule has 0 atom stereocenters. The molecule has 0 bridgehead atoms. The smallest absolute Gasteiger partial charge is 0.203 e. The van der Waals surface area contributed by atoms with Crippen LogP contribution < -0.4 is 5.73 Å². The van der Waals surface area contributed by atoms with Crippen molar-refractivity contribution in [1.82, 2.24) is 15.2 Å². The van der Waals surface area contributed by atoms with E-state index in [1.165, 1.54) is 11.3 Å². The highest BCUT2D eigenvalue weighted by molar-refractivity contribution is 7.23. The Labute approximate surface area is 114 Å². The molecule has 0 radical (unpaired) electrons. The number of methoxy groups -OCH3 is 1. The number of anilines is 1. The molecule has 2 heterocycles. The molecule has 0 aliphatic rings. The highest BCUT2D eigenvalue weighted by Crippen LogP contribution is 2.37. The van der Waals surface area contributed by atoms with Crippen LogP contribution in [0.1, 0.15) is 31.5 Å². The van der Waals surface area contributed by atoms with Crippen LogP contribution in [0.15, 0.2) is 0 Å². The second-order valence-electron chi connectivity index (χ2n) is 4.92. The van der Waals surface area contributed by atoms with Crippen molar-refractivity contribution in [2.45, 2.75) is 32.8 Å². The molecule has 2 rings (SSSR count). The Kier molecular flexibility index (Phi) is 3.65. The van der Waals surface area contributed by atoms with Gasteiger partial charge in [0.15, 0.2) is 5.01 Å². The van der Waals surface area contributed by atoms with Crippen LogP contribution in [-0.2, 0) is 16.8 Å². The molecule has 0 aliphatic carbocycles. The van der Waals surface area contributed by atoms with Crippen molar-refractivity contribution < 1.29 is 4.74 Å². The molecule has 0 saturated heterocycles. The summed E-state index contributed by atoms with van der Waals surface area (Å²) in [5.41, 5.74) is 6.55. The van der Waals surface area contributed by atoms with Crippen molar-refractivity contribution in [1.29, 1.82) is 0 Å². The molecule has 2 aromatic heterocycles. The van der Waals surface area contributed by atoms with Crippen LogP contribution in [0.5, 0.6) is 0 Å². The Bertz CT molecular complexity index is 541. The van der Waals surface area contributed by atoms with E-state index in [0.29, 0.717) is 11.7 Å². The Morgan fingerprint density at radius 1 is 1.22 bits per heavy atom. The average Bonchev–Trinajstić information content (AvgIpc) is 2.84. The van der Waals surface area contributed by atoms with Crippen LogP contribution in [0.4, 0.5) is 5.13 Å². The predicted octanol–water partition coefficient (Wildman–Crippen LogP) is 2.69. The van der Waals surface area contributed by atoms with E-state index in [1.54, 1.807) is 18.4 Å². The lowest BCUT2D eigenvalue weighted by molar-refractivity contribution is 0.182. The summed E-state index contributed by atoms with van der Waals surface area (Å²) < 4.78 is 5.19. The molecule has 0 saturated carbocycles. The zero-order valence-corrected chi connectivity index (χ0v) is 12.5. The van der Waals surface area contributed by atoms with E-state index >= 15 is 0 Å². The maximum absolute atomic E-state index is 5.63. The van der Waals surface area contributed by atoms with Gasteiger partial charge in [-0.15, -0.1) is 21.5 Å². The Morgan fingerprint density at radius 3 is 2.44 bits per heavy atom. The second kappa shape index (κ2) is 4.91. The van der Waals surface area contributed by atoms with Gasteiger partial charge in [-0.25, -0.2) is 4.98 Å². The minimum absolute atomic E-state index is 0.0155. The SMILES string of the molecule is COCc1nc(C(C)(C)C)sc1-c1nnc(N)s1. The number of nitrogen functional groups attached to an aromatic ring is 1. The molecular weight excluding hydrogens is 268 g/mol. The molecule has 98 valence electrons. The van der Waals surface area contributed by atoms with Crippen molar-refractivity contribution >= 4 is 27.8 Å². The number of hydrogen-bond acceptors (Lipinski definition) is 7. The Balaban J connectivity index is 2.48. The van der Waals surface area contributed by atoms with E-state index in [4.69, 9.17) is 10.5 Å². The molecular formula is C11H16N4OS2. The van der Waals surface area contributed by atoms with E-state index < -0.39 is 0 Å². The number of ether oxygens (including phenoxy) is 1. The molecule has 2 aromatic rings. The fraction of sp³-hybridized carbons (Fsp3) is 0.545. The Hall–Kier alpha value is -1.05. The summed E-state index contributed by atoms with van der Waals surface area (Å²) in [4.78, 5) is 5.66. The minimum Gasteiger partial charge on any atom is -0.378 e. The summed E-state index contributed by atoms with van der Waals surface area (Å²) >= 11 is 3.01. The van der Waals surface area contributed by atoms with Crippen LogP contribution in [0.25, 0.3) is 9.88 Å². The zero-order valence-electron chi connectivity index (χ0n) is 10.9. The van der Waals surface area contributed by atoms with Crippen molar-refractivity contribution in [3.05, 3.63) is 10.7 Å². The van der Waals surface area contributed by atoms with Gasteiger partial charge in [-0.3, -0.25) is 0 Å². The quantitative estimate of drug-likeness (QED) is 0.938. The standard InChI is InChI=1S/C11H16N4OS2/c1-11(2,3)9-13-6(5-16-4)7(17-9)8-14-15-10(12)18-8/h5H2,1-4H3,(H2,12,15). The molecule has 0 unspecified atom stereocenters. The molecule has 0 fully saturated rings. The molecule has 18 heavy (non-hydrogen) atoms. The molecule has 0 aliphatic heterocycles. The first-order valence-electron chi connectivity index (χ1n) is 5.50. The summed E-state index contributed by atoms with van der Waals surface area (Å²) in [6, 6.07) is 0. The Morgan fingerprint density at radius 2 is 1.94 bits per heavy atom. The summed E-state index contributed by atoms with van der Waals surface area (Å²) in [6.45, 7) is 6.89. The third-order valence-corrected chi connectivity index (χ3v) is 4.68. The third kappa shape index (κ3) is 2.68. The van der Waals surface area contributed by atoms with Gasteiger partial charge < -0.3 is 10.5 Å². The fourth-order valence-corrected chi connectivity index (χ4v) is 3.23. The first kappa shape index (κ1) is 13.4. The van der Waals surface area contributed by atoms with Gasteiger partial charge in [0.05, 0.1) is 22.2 Å². The molecule has 5 nitrogen and oxygen atoms in total. The van der Waals surface area contributed by atoms with Gasteiger partial charge in [-0.2, -0.15) is 0 Å². The number of thiazole rings is 1. The molecule has 0 spiro atoms. The summed E-state index contributed by atoms with van der Waals surface area (Å²) in [5, 5.41) is 10.3. The summed E-state index contributed by atoms with van der Waals surface area (Å²) in [5.74, 6) is 0. The normalized spacial score (nSPS) is 12.0. The fourth-order valence-electron chi connectivity index (χ4n) is 1.40. The van der Waals surface area contributed by atoms with Gasteiger partial charge in [0.1, 0.15) is 0 Å². The van der Waals surface area contributed by atoms with E-state index in [2.05, 4.69) is 36.0 Å². The van der Waals surface area contributed by atoms with Crippen LogP contribution in [-0.4, -0.2) is 22.3 Å². The number of rotatable bonds is 3. The molecule has 7 heteroatoms. The van der Waals surface area contributed by atoms with Crippen molar-refractivity contribution in [3.8, 4) is 9.88 Å². The lowest BCUT2D eigenvalue weighted by atomic mass is 9.98. The van der Waals surface area contributed by atoms with E-state index in [-0.39, 0.29) is 5.41 Å². The predicted molar refractivity (Wildman–Crippen MR) is 74.8 cm³/mol. The lowest BCUT2D eigenvalue weighted by Gasteiger charge is -2.13. The number of hydrogen-bond donors (Lipinski definition) is 1. The molecule has 0 amide bonds. The van der Waals surface area contributed by atoms with Gasteiger partial charge >= 0.3 is 0 Å². The molecule has 0 aromatic carbocycles. The van der Waals surface area contributed by atoms with Gasteiger partial charge in [-0.1, -0.05) is 32.1 Å². The van der Waals surface area contributed by atoms with Gasteiger partial charge in [0.2, 0.25) is 5.13 Å². The maximum atomic E-state index is 5.63. The van der Waals surface area contributed by atoms with Gasteiger partial charge in [-0.05, 0) is 0 Å². The van der Waals surface area contributed by atoms with Crippen LogP contribution >= 0.6 is 22.7 Å².